The summed E-state index contributed by atoms with van der Waals surface area (Å²) in [4.78, 5) is 10.4. The maximum Gasteiger partial charge on any atom is 0.332 e. The van der Waals surface area contributed by atoms with E-state index < -0.39 is 4.92 Å². The predicted octanol–water partition coefficient (Wildman–Crippen LogP) is 3.18. The monoisotopic (exact) mass is 295 g/mol. The molecule has 2 aromatic rings. The minimum Gasteiger partial charge on any atom is -0.444 e. The second-order valence-electron chi connectivity index (χ2n) is 4.27. The van der Waals surface area contributed by atoms with Crippen LogP contribution in [0.15, 0.2) is 30.5 Å². The zero-order valence-corrected chi connectivity index (χ0v) is 11.6. The summed E-state index contributed by atoms with van der Waals surface area (Å²) >= 11 is 5.65. The number of rotatable bonds is 3. The minimum absolute atomic E-state index is 0.0840. The molecule has 1 aromatic carbocycles. The molecule has 0 radical (unpaired) electrons. The van der Waals surface area contributed by atoms with E-state index in [1.54, 1.807) is 0 Å². The van der Waals surface area contributed by atoms with E-state index in [0.717, 1.165) is 23.4 Å². The summed E-state index contributed by atoms with van der Waals surface area (Å²) in [5.41, 5.74) is 1.35. The number of hydrogen-bond donors (Lipinski definition) is 1. The second-order valence-corrected chi connectivity index (χ2v) is 4.66. The molecule has 1 N–H and O–H groups in total. The highest BCUT2D eigenvalue weighted by atomic mass is 35.5. The summed E-state index contributed by atoms with van der Waals surface area (Å²) in [5.74, 6) is 0.428. The Kier molecular flexibility index (Phi) is 3.76. The van der Waals surface area contributed by atoms with Crippen LogP contribution in [0.25, 0.3) is 0 Å². The van der Waals surface area contributed by atoms with Crippen molar-refractivity contribution in [3.05, 3.63) is 56.9 Å². The molecule has 104 valence electrons. The molecule has 20 heavy (non-hydrogen) atoms. The van der Waals surface area contributed by atoms with Crippen LogP contribution in [0.3, 0.4) is 0 Å². The molecule has 1 aromatic heterocycles. The van der Waals surface area contributed by atoms with Crippen molar-refractivity contribution in [3.63, 3.8) is 0 Å². The van der Waals surface area contributed by atoms with Gasteiger partial charge in [0.1, 0.15) is 11.8 Å². The molecular formula is C13H12ClN2O4+. The third-order valence-corrected chi connectivity index (χ3v) is 3.07. The third kappa shape index (κ3) is 2.65. The van der Waals surface area contributed by atoms with Gasteiger partial charge in [0, 0.05) is 4.73 Å². The fraction of sp³-hybridized carbons (Fsp3) is 0.154. The number of para-hydroxylation sites is 1. The first-order chi connectivity index (χ1) is 9.40. The van der Waals surface area contributed by atoms with Gasteiger partial charge in [-0.05, 0) is 36.6 Å². The summed E-state index contributed by atoms with van der Waals surface area (Å²) < 4.78 is 6.15. The number of nitro groups is 1. The highest BCUT2D eigenvalue weighted by Gasteiger charge is 2.26. The van der Waals surface area contributed by atoms with E-state index in [0.29, 0.717) is 10.5 Å². The Balaban J connectivity index is 2.53. The molecule has 0 fully saturated rings. The minimum atomic E-state index is -0.616. The van der Waals surface area contributed by atoms with Gasteiger partial charge in [-0.2, -0.15) is 0 Å². The van der Waals surface area contributed by atoms with Gasteiger partial charge in [0.2, 0.25) is 0 Å². The predicted molar refractivity (Wildman–Crippen MR) is 71.5 cm³/mol. The fourth-order valence-corrected chi connectivity index (χ4v) is 1.93. The van der Waals surface area contributed by atoms with Crippen molar-refractivity contribution < 1.29 is 19.6 Å². The van der Waals surface area contributed by atoms with Gasteiger partial charge in [-0.25, -0.2) is 0 Å². The Labute approximate surface area is 119 Å². The SMILES string of the molecule is Cc1cccc(C)c1Oc1c[n+](O)c(Cl)cc1[N+](=O)[O-]. The van der Waals surface area contributed by atoms with Crippen LogP contribution in [-0.4, -0.2) is 10.1 Å². The molecule has 2 rings (SSSR count). The van der Waals surface area contributed by atoms with Gasteiger partial charge in [-0.15, -0.1) is 0 Å². The second kappa shape index (κ2) is 5.34. The Bertz CT molecular complexity index is 668. The van der Waals surface area contributed by atoms with Gasteiger partial charge < -0.3 is 4.74 Å². The van der Waals surface area contributed by atoms with Gasteiger partial charge in [0.15, 0.2) is 0 Å². The first-order valence-electron chi connectivity index (χ1n) is 5.73. The Morgan fingerprint density at radius 1 is 1.35 bits per heavy atom. The Morgan fingerprint density at radius 3 is 2.50 bits per heavy atom. The summed E-state index contributed by atoms with van der Waals surface area (Å²) in [6.07, 6.45) is 1.06. The molecule has 0 amide bonds. The van der Waals surface area contributed by atoms with Crippen molar-refractivity contribution in [3.8, 4) is 11.5 Å². The topological polar surface area (TPSA) is 76.5 Å². The number of pyridine rings is 1. The van der Waals surface area contributed by atoms with Crippen molar-refractivity contribution in [1.82, 2.24) is 0 Å². The van der Waals surface area contributed by atoms with Crippen LogP contribution in [0.4, 0.5) is 5.69 Å². The van der Waals surface area contributed by atoms with Crippen LogP contribution in [0.2, 0.25) is 5.15 Å². The van der Waals surface area contributed by atoms with Gasteiger partial charge >= 0.3 is 10.8 Å². The first kappa shape index (κ1) is 14.1. The van der Waals surface area contributed by atoms with Crippen LogP contribution in [0.5, 0.6) is 11.5 Å². The summed E-state index contributed by atoms with van der Waals surface area (Å²) in [6.45, 7) is 3.66. The smallest absolute Gasteiger partial charge is 0.332 e. The lowest BCUT2D eigenvalue weighted by molar-refractivity contribution is -0.903. The quantitative estimate of drug-likeness (QED) is 0.310. The molecule has 0 aliphatic carbocycles. The maximum absolute atomic E-state index is 11.0. The van der Waals surface area contributed by atoms with E-state index in [4.69, 9.17) is 16.3 Å². The molecule has 1 heterocycles. The lowest BCUT2D eigenvalue weighted by Gasteiger charge is -2.10. The van der Waals surface area contributed by atoms with Crippen molar-refractivity contribution >= 4 is 17.3 Å². The summed E-state index contributed by atoms with van der Waals surface area (Å²) in [7, 11) is 0. The fourth-order valence-electron chi connectivity index (χ4n) is 1.78. The van der Waals surface area contributed by atoms with E-state index >= 15 is 0 Å². The molecule has 0 spiro atoms. The lowest BCUT2D eigenvalue weighted by Crippen LogP contribution is -2.31. The lowest BCUT2D eigenvalue weighted by atomic mass is 10.1. The van der Waals surface area contributed by atoms with Crippen molar-refractivity contribution in [2.75, 3.05) is 0 Å². The summed E-state index contributed by atoms with van der Waals surface area (Å²) in [5, 5.41) is 20.4. The van der Waals surface area contributed by atoms with E-state index in [1.165, 1.54) is 0 Å². The molecule has 0 bridgehead atoms. The van der Waals surface area contributed by atoms with E-state index in [2.05, 4.69) is 0 Å². The van der Waals surface area contributed by atoms with Gasteiger partial charge in [0.25, 0.3) is 11.9 Å². The van der Waals surface area contributed by atoms with E-state index in [-0.39, 0.29) is 16.6 Å². The molecular weight excluding hydrogens is 284 g/mol. The van der Waals surface area contributed by atoms with E-state index in [9.17, 15) is 15.3 Å². The standard InChI is InChI=1S/C13H12ClN2O4/c1-8-4-3-5-9(2)13(8)20-11-7-15(17)12(14)6-10(11)16(18)19/h3-7,17H,1-2H3/q+1. The molecule has 0 unspecified atom stereocenters. The van der Waals surface area contributed by atoms with Crippen molar-refractivity contribution in [2.24, 2.45) is 0 Å². The average Bonchev–Trinajstić information content (AvgIpc) is 2.37. The first-order valence-corrected chi connectivity index (χ1v) is 6.11. The van der Waals surface area contributed by atoms with Gasteiger partial charge in [-0.3, -0.25) is 15.3 Å². The maximum atomic E-state index is 11.0. The largest absolute Gasteiger partial charge is 0.444 e. The average molecular weight is 296 g/mol. The van der Waals surface area contributed by atoms with Crippen LogP contribution in [-0.2, 0) is 0 Å². The zero-order valence-electron chi connectivity index (χ0n) is 10.8. The molecule has 6 nitrogen and oxygen atoms in total. The highest BCUT2D eigenvalue weighted by molar-refractivity contribution is 6.28. The molecule has 0 atom stereocenters. The normalized spacial score (nSPS) is 10.3. The third-order valence-electron chi connectivity index (χ3n) is 2.78. The molecule has 0 aliphatic rings. The molecule has 0 saturated carbocycles. The summed E-state index contributed by atoms with van der Waals surface area (Å²) in [6, 6.07) is 6.55. The molecule has 7 heteroatoms. The number of aryl methyl sites for hydroxylation is 2. The van der Waals surface area contributed by atoms with Crippen molar-refractivity contribution in [2.45, 2.75) is 13.8 Å². The van der Waals surface area contributed by atoms with Crippen molar-refractivity contribution in [1.29, 1.82) is 0 Å². The van der Waals surface area contributed by atoms with Crippen LogP contribution < -0.4 is 9.47 Å². The van der Waals surface area contributed by atoms with Crippen LogP contribution in [0.1, 0.15) is 11.1 Å². The van der Waals surface area contributed by atoms with Crippen LogP contribution >= 0.6 is 11.6 Å². The number of halogens is 1. The number of benzene rings is 1. The number of nitrogens with zero attached hydrogens (tertiary/aromatic N) is 2. The molecule has 0 aliphatic heterocycles. The van der Waals surface area contributed by atoms with Gasteiger partial charge in [0.05, 0.1) is 4.92 Å². The number of ether oxygens (including phenoxy) is 1. The zero-order chi connectivity index (χ0) is 14.9. The van der Waals surface area contributed by atoms with Crippen LogP contribution in [0, 0.1) is 24.0 Å². The number of aromatic nitrogens is 1. The molecule has 0 saturated heterocycles. The van der Waals surface area contributed by atoms with E-state index in [1.807, 2.05) is 32.0 Å². The highest BCUT2D eigenvalue weighted by Crippen LogP contribution is 2.34. The van der Waals surface area contributed by atoms with Gasteiger partial charge in [-0.1, -0.05) is 18.2 Å². The Morgan fingerprint density at radius 2 is 1.95 bits per heavy atom. The Hall–Kier alpha value is -2.34. The number of hydrogen-bond acceptors (Lipinski definition) is 4.